The Bertz CT molecular complexity index is 1380. The van der Waals surface area contributed by atoms with E-state index in [-0.39, 0.29) is 18.0 Å². The molecule has 0 spiro atoms. The number of aromatic nitrogens is 5. The van der Waals surface area contributed by atoms with E-state index in [9.17, 15) is 13.6 Å². The quantitative estimate of drug-likeness (QED) is 0.459. The smallest absolute Gasteiger partial charge is 0.256 e. The lowest BCUT2D eigenvalue weighted by Gasteiger charge is -2.45. The highest BCUT2D eigenvalue weighted by Crippen LogP contribution is 2.45. The van der Waals surface area contributed by atoms with Gasteiger partial charge >= 0.3 is 0 Å². The molecule has 2 aliphatic rings. The number of hydrogen-bond donors (Lipinski definition) is 0. The van der Waals surface area contributed by atoms with Crippen LogP contribution in [0.1, 0.15) is 46.9 Å². The van der Waals surface area contributed by atoms with Gasteiger partial charge in [-0.3, -0.25) is 9.48 Å². The van der Waals surface area contributed by atoms with Crippen molar-refractivity contribution in [2.45, 2.75) is 37.8 Å². The highest BCUT2D eigenvalue weighted by molar-refractivity contribution is 5.98. The van der Waals surface area contributed by atoms with Crippen LogP contribution in [0.25, 0.3) is 16.9 Å². The number of hydrogen-bond acceptors (Lipinski definition) is 4. The average Bonchev–Trinajstić information content (AvgIpc) is 3.45. The third-order valence-electron chi connectivity index (χ3n) is 6.82. The minimum atomic E-state index is -0.624. The second kappa shape index (κ2) is 7.86. The molecule has 2 bridgehead atoms. The summed E-state index contributed by atoms with van der Waals surface area (Å²) in [5, 5.41) is 13.2. The first-order valence-electron chi connectivity index (χ1n) is 11.3. The molecule has 2 aliphatic heterocycles. The minimum Gasteiger partial charge on any atom is -0.327 e. The molecule has 34 heavy (non-hydrogen) atoms. The minimum absolute atomic E-state index is 0.0289. The van der Waals surface area contributed by atoms with Gasteiger partial charge in [0.15, 0.2) is 0 Å². The maximum Gasteiger partial charge on any atom is 0.256 e. The summed E-state index contributed by atoms with van der Waals surface area (Å²) in [6.45, 7) is 0. The van der Waals surface area contributed by atoms with Gasteiger partial charge in [-0.2, -0.15) is 20.1 Å². The van der Waals surface area contributed by atoms with Crippen molar-refractivity contribution in [3.05, 3.63) is 83.3 Å². The molecule has 0 radical (unpaired) electrons. The molecule has 2 aromatic carbocycles. The summed E-state index contributed by atoms with van der Waals surface area (Å²) in [6.07, 6.45) is 6.37. The number of piperidine rings is 1. The summed E-state index contributed by atoms with van der Waals surface area (Å²) < 4.78 is 29.7. The average molecular weight is 460 g/mol. The maximum atomic E-state index is 14.0. The lowest BCUT2D eigenvalue weighted by atomic mass is 9.81. The standard InChI is InChI=1S/C25H22F2N6O/c1-31-24(15-11-16(26)13-17(27)12-15)20-14-18-5-4-8-22(23(20)30-31)32(18)25(34)19-6-2-3-7-21(19)33-28-9-10-29-33/h2-3,6-7,9-13,18,22H,4-5,8,14H2,1H3/t18-,22+/m1/s1. The van der Waals surface area contributed by atoms with Crippen molar-refractivity contribution in [3.63, 3.8) is 0 Å². The normalized spacial score (nSPS) is 19.2. The Hall–Kier alpha value is -3.88. The van der Waals surface area contributed by atoms with E-state index >= 15 is 0 Å². The number of rotatable bonds is 3. The van der Waals surface area contributed by atoms with Crippen molar-refractivity contribution < 1.29 is 13.6 Å². The number of amides is 1. The Balaban J connectivity index is 1.44. The molecule has 172 valence electrons. The van der Waals surface area contributed by atoms with Crippen LogP contribution in [0.2, 0.25) is 0 Å². The monoisotopic (exact) mass is 460 g/mol. The molecule has 0 N–H and O–H groups in total. The zero-order chi connectivity index (χ0) is 23.4. The van der Waals surface area contributed by atoms with Gasteiger partial charge in [-0.05, 0) is 49.9 Å². The third kappa shape index (κ3) is 3.22. The molecular weight excluding hydrogens is 438 g/mol. The van der Waals surface area contributed by atoms with Gasteiger partial charge in [-0.25, -0.2) is 8.78 Å². The van der Waals surface area contributed by atoms with E-state index in [1.165, 1.54) is 16.9 Å². The number of benzene rings is 2. The molecule has 0 unspecified atom stereocenters. The van der Waals surface area contributed by atoms with Crippen LogP contribution in [0.5, 0.6) is 0 Å². The summed E-state index contributed by atoms with van der Waals surface area (Å²) in [7, 11) is 1.78. The van der Waals surface area contributed by atoms with Crippen LogP contribution < -0.4 is 0 Å². The van der Waals surface area contributed by atoms with E-state index in [0.717, 1.165) is 36.6 Å². The van der Waals surface area contributed by atoms with Crippen LogP contribution in [-0.2, 0) is 13.5 Å². The topological polar surface area (TPSA) is 68.8 Å². The zero-order valence-corrected chi connectivity index (χ0v) is 18.5. The van der Waals surface area contributed by atoms with Crippen LogP contribution in [-0.4, -0.2) is 41.6 Å². The number of carbonyl (C=O) groups excluding carboxylic acids is 1. The number of para-hydroxylation sites is 1. The van der Waals surface area contributed by atoms with Gasteiger partial charge in [0.25, 0.3) is 5.91 Å². The van der Waals surface area contributed by atoms with Gasteiger partial charge in [0.2, 0.25) is 0 Å². The molecule has 2 atom stereocenters. The van der Waals surface area contributed by atoms with E-state index in [2.05, 4.69) is 10.2 Å². The molecular formula is C25H22F2N6O. The van der Waals surface area contributed by atoms with Gasteiger partial charge in [-0.1, -0.05) is 12.1 Å². The molecule has 2 aromatic heterocycles. The number of aryl methyl sites for hydroxylation is 1. The molecule has 4 heterocycles. The van der Waals surface area contributed by atoms with Gasteiger partial charge in [-0.15, -0.1) is 0 Å². The fraction of sp³-hybridized carbons (Fsp3) is 0.280. The molecule has 1 amide bonds. The predicted molar refractivity (Wildman–Crippen MR) is 120 cm³/mol. The number of fused-ring (bicyclic) bond motifs is 4. The first-order chi connectivity index (χ1) is 16.5. The van der Waals surface area contributed by atoms with Crippen molar-refractivity contribution in [3.8, 4) is 16.9 Å². The fourth-order valence-electron chi connectivity index (χ4n) is 5.51. The summed E-state index contributed by atoms with van der Waals surface area (Å²) in [4.78, 5) is 17.3. The van der Waals surface area contributed by atoms with E-state index in [1.54, 1.807) is 30.2 Å². The van der Waals surface area contributed by atoms with Crippen LogP contribution in [0.4, 0.5) is 8.78 Å². The maximum absolute atomic E-state index is 14.0. The zero-order valence-electron chi connectivity index (χ0n) is 18.5. The lowest BCUT2D eigenvalue weighted by Crippen LogP contribution is -2.50. The summed E-state index contributed by atoms with van der Waals surface area (Å²) in [6, 6.07) is 10.6. The van der Waals surface area contributed by atoms with Crippen molar-refractivity contribution in [1.29, 1.82) is 0 Å². The van der Waals surface area contributed by atoms with E-state index < -0.39 is 11.6 Å². The number of halogens is 2. The van der Waals surface area contributed by atoms with Gasteiger partial charge in [0, 0.05) is 30.3 Å². The first-order valence-corrected chi connectivity index (χ1v) is 11.3. The summed E-state index contributed by atoms with van der Waals surface area (Å²) >= 11 is 0. The molecule has 6 rings (SSSR count). The molecule has 7 nitrogen and oxygen atoms in total. The van der Waals surface area contributed by atoms with E-state index in [4.69, 9.17) is 5.10 Å². The fourth-order valence-corrected chi connectivity index (χ4v) is 5.51. The Morgan fingerprint density at radius 1 is 1.03 bits per heavy atom. The Kier molecular flexibility index (Phi) is 4.79. The Labute approximate surface area is 194 Å². The number of nitrogens with zero attached hydrogens (tertiary/aromatic N) is 6. The van der Waals surface area contributed by atoms with Crippen LogP contribution in [0, 0.1) is 11.6 Å². The SMILES string of the molecule is Cn1nc2c(c1-c1cc(F)cc(F)c1)C[C@H]1CCC[C@@H]2N1C(=O)c1ccccc1-n1nccn1. The highest BCUT2D eigenvalue weighted by Gasteiger charge is 2.44. The predicted octanol–water partition coefficient (Wildman–Crippen LogP) is 4.24. The van der Waals surface area contributed by atoms with Crippen LogP contribution in [0.15, 0.2) is 54.9 Å². The molecule has 9 heteroatoms. The molecule has 1 saturated heterocycles. The summed E-state index contributed by atoms with van der Waals surface area (Å²) in [5.41, 5.74) is 4.09. The van der Waals surface area contributed by atoms with Gasteiger partial charge < -0.3 is 4.90 Å². The van der Waals surface area contributed by atoms with Crippen molar-refractivity contribution >= 4 is 5.91 Å². The van der Waals surface area contributed by atoms with Crippen molar-refractivity contribution in [1.82, 2.24) is 29.7 Å². The third-order valence-corrected chi connectivity index (χ3v) is 6.82. The van der Waals surface area contributed by atoms with Crippen molar-refractivity contribution in [2.75, 3.05) is 0 Å². The van der Waals surface area contributed by atoms with E-state index in [0.29, 0.717) is 28.9 Å². The number of carbonyl (C=O) groups is 1. The van der Waals surface area contributed by atoms with Gasteiger partial charge in [0.1, 0.15) is 11.6 Å². The van der Waals surface area contributed by atoms with E-state index in [1.807, 2.05) is 23.1 Å². The Morgan fingerprint density at radius 2 is 1.76 bits per heavy atom. The highest BCUT2D eigenvalue weighted by atomic mass is 19.1. The molecule has 0 saturated carbocycles. The van der Waals surface area contributed by atoms with Gasteiger partial charge in [0.05, 0.1) is 41.1 Å². The molecule has 4 aromatic rings. The largest absolute Gasteiger partial charge is 0.327 e. The molecule has 0 aliphatic carbocycles. The molecule has 1 fully saturated rings. The van der Waals surface area contributed by atoms with Crippen LogP contribution >= 0.6 is 0 Å². The first kappa shape index (κ1) is 20.7. The van der Waals surface area contributed by atoms with Crippen molar-refractivity contribution in [2.24, 2.45) is 7.05 Å². The van der Waals surface area contributed by atoms with Crippen LogP contribution in [0.3, 0.4) is 0 Å². The second-order valence-electron chi connectivity index (χ2n) is 8.85. The lowest BCUT2D eigenvalue weighted by molar-refractivity contribution is 0.0391. The second-order valence-corrected chi connectivity index (χ2v) is 8.85. The summed E-state index contributed by atoms with van der Waals surface area (Å²) in [5.74, 6) is -1.33. The Morgan fingerprint density at radius 3 is 2.53 bits per heavy atom.